The van der Waals surface area contributed by atoms with Gasteiger partial charge in [0.15, 0.2) is 0 Å². The van der Waals surface area contributed by atoms with Crippen LogP contribution in [-0.2, 0) is 14.3 Å². The summed E-state index contributed by atoms with van der Waals surface area (Å²) in [5.41, 5.74) is 1.09. The lowest BCUT2D eigenvalue weighted by Crippen LogP contribution is -2.32. The van der Waals surface area contributed by atoms with Gasteiger partial charge in [-0.25, -0.2) is 0 Å². The number of likely N-dealkylation sites (tertiary alicyclic amines) is 1. The maximum atomic E-state index is 11.9. The van der Waals surface area contributed by atoms with Crippen LogP contribution in [-0.4, -0.2) is 43.6 Å². The largest absolute Gasteiger partial charge is 0.497 e. The number of hydrogen-bond donors (Lipinski definition) is 0. The number of carbonyl (C=O) groups excluding carboxylic acids is 2. The number of ether oxygens (including phenoxy) is 2. The number of methoxy groups -OCH3 is 1. The van der Waals surface area contributed by atoms with Gasteiger partial charge in [0, 0.05) is 18.9 Å². The molecule has 1 heterocycles. The van der Waals surface area contributed by atoms with Gasteiger partial charge in [-0.15, -0.1) is 0 Å². The molecule has 2 rings (SSSR count). The maximum absolute atomic E-state index is 11.9. The maximum Gasteiger partial charge on any atom is 0.325 e. The van der Waals surface area contributed by atoms with E-state index in [-0.39, 0.29) is 24.3 Å². The minimum absolute atomic E-state index is 0.00105. The molecule has 5 nitrogen and oxygen atoms in total. The SMILES string of the molecule is CCOC(=O)CN1CC(c2ccc(OC)cc2)CC1=O. The van der Waals surface area contributed by atoms with Crippen LogP contribution in [0.25, 0.3) is 0 Å². The van der Waals surface area contributed by atoms with Gasteiger partial charge in [0.25, 0.3) is 0 Å². The number of carbonyl (C=O) groups is 2. The molecule has 1 fully saturated rings. The molecule has 0 radical (unpaired) electrons. The van der Waals surface area contributed by atoms with Crippen LogP contribution in [0.2, 0.25) is 0 Å². The number of nitrogens with zero attached hydrogens (tertiary/aromatic N) is 1. The third-order valence-electron chi connectivity index (χ3n) is 3.43. The third kappa shape index (κ3) is 3.29. The van der Waals surface area contributed by atoms with Gasteiger partial charge in [0.2, 0.25) is 5.91 Å². The monoisotopic (exact) mass is 277 g/mol. The van der Waals surface area contributed by atoms with E-state index in [1.807, 2.05) is 24.3 Å². The first kappa shape index (κ1) is 14.4. The molecular weight excluding hydrogens is 258 g/mol. The summed E-state index contributed by atoms with van der Waals surface area (Å²) in [6, 6.07) is 7.69. The Balaban J connectivity index is 1.98. The molecule has 0 saturated carbocycles. The smallest absolute Gasteiger partial charge is 0.325 e. The Morgan fingerprint density at radius 1 is 1.35 bits per heavy atom. The van der Waals surface area contributed by atoms with Crippen LogP contribution in [0, 0.1) is 0 Å². The van der Waals surface area contributed by atoms with Crippen LogP contribution in [0.15, 0.2) is 24.3 Å². The van der Waals surface area contributed by atoms with Crippen LogP contribution in [0.5, 0.6) is 5.75 Å². The Bertz CT molecular complexity index is 483. The molecular formula is C15H19NO4. The van der Waals surface area contributed by atoms with E-state index in [0.717, 1.165) is 11.3 Å². The van der Waals surface area contributed by atoms with Gasteiger partial charge >= 0.3 is 5.97 Å². The van der Waals surface area contributed by atoms with Gasteiger partial charge in [-0.2, -0.15) is 0 Å². The molecule has 0 bridgehead atoms. The molecule has 20 heavy (non-hydrogen) atoms. The Morgan fingerprint density at radius 2 is 2.05 bits per heavy atom. The lowest BCUT2D eigenvalue weighted by atomic mass is 9.98. The topological polar surface area (TPSA) is 55.8 Å². The number of benzene rings is 1. The second-order valence-electron chi connectivity index (χ2n) is 4.75. The second-order valence-corrected chi connectivity index (χ2v) is 4.75. The quantitative estimate of drug-likeness (QED) is 0.767. The minimum Gasteiger partial charge on any atom is -0.497 e. The fourth-order valence-corrected chi connectivity index (χ4v) is 2.39. The predicted molar refractivity (Wildman–Crippen MR) is 73.6 cm³/mol. The van der Waals surface area contributed by atoms with Crippen LogP contribution < -0.4 is 4.74 Å². The molecule has 0 N–H and O–H groups in total. The Hall–Kier alpha value is -2.04. The summed E-state index contributed by atoms with van der Waals surface area (Å²) in [4.78, 5) is 24.9. The summed E-state index contributed by atoms with van der Waals surface area (Å²) in [5.74, 6) is 0.569. The zero-order valence-electron chi connectivity index (χ0n) is 11.8. The van der Waals surface area contributed by atoms with Crippen LogP contribution in [0.4, 0.5) is 0 Å². The van der Waals surface area contributed by atoms with E-state index in [9.17, 15) is 9.59 Å². The summed E-state index contributed by atoms with van der Waals surface area (Å²) in [6.45, 7) is 2.69. The highest BCUT2D eigenvalue weighted by atomic mass is 16.5. The molecule has 0 spiro atoms. The van der Waals surface area contributed by atoms with E-state index < -0.39 is 0 Å². The van der Waals surface area contributed by atoms with E-state index in [2.05, 4.69) is 0 Å². The molecule has 0 aliphatic carbocycles. The van der Waals surface area contributed by atoms with E-state index in [0.29, 0.717) is 19.6 Å². The highest BCUT2D eigenvalue weighted by Crippen LogP contribution is 2.29. The van der Waals surface area contributed by atoms with E-state index in [1.165, 1.54) is 0 Å². The van der Waals surface area contributed by atoms with Gasteiger partial charge in [-0.3, -0.25) is 9.59 Å². The van der Waals surface area contributed by atoms with Crippen LogP contribution in [0.1, 0.15) is 24.8 Å². The Labute approximate surface area is 118 Å². The summed E-state index contributed by atoms with van der Waals surface area (Å²) in [7, 11) is 1.62. The van der Waals surface area contributed by atoms with E-state index in [1.54, 1.807) is 18.9 Å². The van der Waals surface area contributed by atoms with Crippen molar-refractivity contribution in [1.82, 2.24) is 4.90 Å². The van der Waals surface area contributed by atoms with Crippen molar-refractivity contribution in [1.29, 1.82) is 0 Å². The van der Waals surface area contributed by atoms with Gasteiger partial charge in [-0.1, -0.05) is 12.1 Å². The molecule has 108 valence electrons. The molecule has 1 aromatic carbocycles. The van der Waals surface area contributed by atoms with Crippen molar-refractivity contribution in [3.05, 3.63) is 29.8 Å². The standard InChI is InChI=1S/C15H19NO4/c1-3-20-15(18)10-16-9-12(8-14(16)17)11-4-6-13(19-2)7-5-11/h4-7,12H,3,8-10H2,1-2H3. The zero-order valence-corrected chi connectivity index (χ0v) is 11.8. The fourth-order valence-electron chi connectivity index (χ4n) is 2.39. The van der Waals surface area contributed by atoms with Crippen LogP contribution >= 0.6 is 0 Å². The minimum atomic E-state index is -0.351. The zero-order chi connectivity index (χ0) is 14.5. The molecule has 1 aliphatic rings. The normalized spacial score (nSPS) is 18.2. The van der Waals surface area contributed by atoms with E-state index in [4.69, 9.17) is 9.47 Å². The molecule has 1 aliphatic heterocycles. The van der Waals surface area contributed by atoms with Crippen molar-refractivity contribution in [3.8, 4) is 5.75 Å². The molecule has 5 heteroatoms. The van der Waals surface area contributed by atoms with Crippen LogP contribution in [0.3, 0.4) is 0 Å². The molecule has 0 aromatic heterocycles. The first-order valence-electron chi connectivity index (χ1n) is 6.71. The average molecular weight is 277 g/mol. The number of esters is 1. The van der Waals surface area contributed by atoms with Gasteiger partial charge in [0.1, 0.15) is 12.3 Å². The summed E-state index contributed by atoms with van der Waals surface area (Å²) in [6.07, 6.45) is 0.436. The average Bonchev–Trinajstić information content (AvgIpc) is 2.80. The van der Waals surface area contributed by atoms with Crippen molar-refractivity contribution in [3.63, 3.8) is 0 Å². The first-order valence-corrected chi connectivity index (χ1v) is 6.71. The van der Waals surface area contributed by atoms with Gasteiger partial charge in [0.05, 0.1) is 13.7 Å². The summed E-state index contributed by atoms with van der Waals surface area (Å²) in [5, 5.41) is 0. The van der Waals surface area contributed by atoms with Gasteiger partial charge in [-0.05, 0) is 24.6 Å². The Kier molecular flexibility index (Phi) is 4.61. The van der Waals surface area contributed by atoms with Crippen molar-refractivity contribution in [2.75, 3.05) is 26.8 Å². The molecule has 1 saturated heterocycles. The van der Waals surface area contributed by atoms with Crippen molar-refractivity contribution in [2.45, 2.75) is 19.3 Å². The molecule has 1 atom stereocenters. The first-order chi connectivity index (χ1) is 9.63. The molecule has 1 amide bonds. The lowest BCUT2D eigenvalue weighted by Gasteiger charge is -2.15. The summed E-state index contributed by atoms with van der Waals surface area (Å²) >= 11 is 0. The fraction of sp³-hybridized carbons (Fsp3) is 0.467. The van der Waals surface area contributed by atoms with Crippen molar-refractivity contribution >= 4 is 11.9 Å². The number of rotatable bonds is 5. The Morgan fingerprint density at radius 3 is 2.65 bits per heavy atom. The number of hydrogen-bond acceptors (Lipinski definition) is 4. The van der Waals surface area contributed by atoms with Crippen molar-refractivity contribution in [2.24, 2.45) is 0 Å². The highest BCUT2D eigenvalue weighted by molar-refractivity contribution is 5.84. The van der Waals surface area contributed by atoms with Gasteiger partial charge < -0.3 is 14.4 Å². The summed E-state index contributed by atoms with van der Waals surface area (Å²) < 4.78 is 9.99. The van der Waals surface area contributed by atoms with E-state index >= 15 is 0 Å². The molecule has 1 aromatic rings. The highest BCUT2D eigenvalue weighted by Gasteiger charge is 2.31. The third-order valence-corrected chi connectivity index (χ3v) is 3.43. The second kappa shape index (κ2) is 6.41. The predicted octanol–water partition coefficient (Wildman–Crippen LogP) is 1.57. The lowest BCUT2D eigenvalue weighted by molar-refractivity contribution is -0.147. The van der Waals surface area contributed by atoms with Crippen molar-refractivity contribution < 1.29 is 19.1 Å². The molecule has 1 unspecified atom stereocenters. The number of amides is 1.